The van der Waals surface area contributed by atoms with Crippen LogP contribution < -0.4 is 0 Å². The first-order chi connectivity index (χ1) is 7.03. The van der Waals surface area contributed by atoms with E-state index in [1.165, 1.54) is 0 Å². The van der Waals surface area contributed by atoms with E-state index in [0.717, 1.165) is 0 Å². The van der Waals surface area contributed by atoms with Gasteiger partial charge < -0.3 is 5.11 Å². The molecule has 90 valence electrons. The monoisotopic (exact) mass is 264 g/mol. The molecule has 1 aromatic rings. The van der Waals surface area contributed by atoms with Crippen molar-refractivity contribution in [3.05, 3.63) is 28.3 Å². The molecule has 0 fully saturated rings. The summed E-state index contributed by atoms with van der Waals surface area (Å²) < 4.78 is 73.2. The number of aromatic hydroxyl groups is 1. The molecule has 0 radical (unpaired) electrons. The fraction of sp³-hybridized carbons (Fsp3) is 0.250. The maximum Gasteiger partial charge on any atom is 0.419 e. The first-order valence-corrected chi connectivity index (χ1v) is 4.08. The van der Waals surface area contributed by atoms with Crippen molar-refractivity contribution >= 4 is 11.6 Å². The minimum absolute atomic E-state index is 0.215. The zero-order chi connectivity index (χ0) is 12.7. The van der Waals surface area contributed by atoms with E-state index in [2.05, 4.69) is 0 Å². The van der Waals surface area contributed by atoms with E-state index in [4.69, 9.17) is 16.7 Å². The topological polar surface area (TPSA) is 20.2 Å². The van der Waals surface area contributed by atoms with E-state index in [0.29, 0.717) is 0 Å². The SMILES string of the molecule is Oc1cc(Cl)c(C(F)(F)F)cc1C(F)(F)F. The predicted octanol–water partition coefficient (Wildman–Crippen LogP) is 4.08. The molecular formula is C8H3ClF6O. The van der Waals surface area contributed by atoms with Gasteiger partial charge in [0.1, 0.15) is 5.75 Å². The van der Waals surface area contributed by atoms with E-state index in [-0.39, 0.29) is 12.1 Å². The molecule has 0 saturated heterocycles. The summed E-state index contributed by atoms with van der Waals surface area (Å²) in [6.45, 7) is 0. The number of alkyl halides is 6. The lowest BCUT2D eigenvalue weighted by atomic mass is 10.1. The summed E-state index contributed by atoms with van der Waals surface area (Å²) in [5, 5.41) is 7.86. The molecule has 0 aliphatic carbocycles. The van der Waals surface area contributed by atoms with Gasteiger partial charge in [0.15, 0.2) is 0 Å². The van der Waals surface area contributed by atoms with Gasteiger partial charge in [0.25, 0.3) is 0 Å². The second-order valence-electron chi connectivity index (χ2n) is 2.84. The lowest BCUT2D eigenvalue weighted by molar-refractivity contribution is -0.143. The highest BCUT2D eigenvalue weighted by atomic mass is 35.5. The average Bonchev–Trinajstić information content (AvgIpc) is 1.97. The second-order valence-corrected chi connectivity index (χ2v) is 3.25. The molecule has 0 aliphatic rings. The van der Waals surface area contributed by atoms with Crippen molar-refractivity contribution in [3.63, 3.8) is 0 Å². The Morgan fingerprint density at radius 2 is 1.31 bits per heavy atom. The summed E-state index contributed by atoms with van der Waals surface area (Å²) in [6.07, 6.45) is -10.1. The molecule has 1 N–H and O–H groups in total. The van der Waals surface area contributed by atoms with Crippen LogP contribution in [-0.4, -0.2) is 5.11 Å². The molecule has 1 rings (SSSR count). The van der Waals surface area contributed by atoms with Gasteiger partial charge in [-0.25, -0.2) is 0 Å². The fourth-order valence-corrected chi connectivity index (χ4v) is 1.27. The molecule has 8 heteroatoms. The van der Waals surface area contributed by atoms with Crippen LogP contribution in [0.3, 0.4) is 0 Å². The molecule has 0 saturated carbocycles. The third kappa shape index (κ3) is 2.52. The predicted molar refractivity (Wildman–Crippen MR) is 43.1 cm³/mol. The van der Waals surface area contributed by atoms with E-state index < -0.39 is 34.3 Å². The molecule has 0 aliphatic heterocycles. The quantitative estimate of drug-likeness (QED) is 0.700. The van der Waals surface area contributed by atoms with Gasteiger partial charge in [0, 0.05) is 0 Å². The minimum Gasteiger partial charge on any atom is -0.507 e. The standard InChI is InChI=1S/C8H3ClF6O/c9-5-2-6(16)4(8(13,14)15)1-3(5)7(10,11)12/h1-2,16H. The zero-order valence-electron chi connectivity index (χ0n) is 7.25. The number of hydrogen-bond donors (Lipinski definition) is 1. The largest absolute Gasteiger partial charge is 0.507 e. The maximum absolute atomic E-state index is 12.2. The number of phenols is 1. The van der Waals surface area contributed by atoms with Crippen LogP contribution in [0.2, 0.25) is 5.02 Å². The highest BCUT2D eigenvalue weighted by molar-refractivity contribution is 6.31. The van der Waals surface area contributed by atoms with Crippen LogP contribution in [0.25, 0.3) is 0 Å². The summed E-state index contributed by atoms with van der Waals surface area (Å²) in [5.74, 6) is -1.34. The Morgan fingerprint density at radius 3 is 1.69 bits per heavy atom. The van der Waals surface area contributed by atoms with E-state index in [1.54, 1.807) is 0 Å². The third-order valence-electron chi connectivity index (χ3n) is 1.70. The van der Waals surface area contributed by atoms with Crippen molar-refractivity contribution in [1.29, 1.82) is 0 Å². The Morgan fingerprint density at radius 1 is 0.875 bits per heavy atom. The molecule has 0 unspecified atom stereocenters. The van der Waals surface area contributed by atoms with Gasteiger partial charge in [0.05, 0.1) is 16.1 Å². The highest BCUT2D eigenvalue weighted by Crippen LogP contribution is 2.43. The van der Waals surface area contributed by atoms with Crippen molar-refractivity contribution in [3.8, 4) is 5.75 Å². The van der Waals surface area contributed by atoms with Gasteiger partial charge in [-0.1, -0.05) is 11.6 Å². The van der Waals surface area contributed by atoms with Crippen LogP contribution in [0.5, 0.6) is 5.75 Å². The number of hydrogen-bond acceptors (Lipinski definition) is 1. The van der Waals surface area contributed by atoms with Crippen molar-refractivity contribution in [2.45, 2.75) is 12.4 Å². The summed E-state index contributed by atoms with van der Waals surface area (Å²) in [6, 6.07) is -0.00906. The van der Waals surface area contributed by atoms with Crippen LogP contribution in [0, 0.1) is 0 Å². The van der Waals surface area contributed by atoms with Crippen molar-refractivity contribution in [2.24, 2.45) is 0 Å². The Bertz CT molecular complexity index is 373. The Labute approximate surface area is 90.3 Å². The Kier molecular flexibility index (Phi) is 3.02. The van der Waals surface area contributed by atoms with Gasteiger partial charge in [-0.15, -0.1) is 0 Å². The minimum atomic E-state index is -5.07. The number of rotatable bonds is 0. The third-order valence-corrected chi connectivity index (χ3v) is 2.01. The normalized spacial score (nSPS) is 12.9. The molecule has 1 aromatic carbocycles. The summed E-state index contributed by atoms with van der Waals surface area (Å²) in [4.78, 5) is 0. The number of benzene rings is 1. The van der Waals surface area contributed by atoms with Crippen molar-refractivity contribution in [2.75, 3.05) is 0 Å². The van der Waals surface area contributed by atoms with Gasteiger partial charge >= 0.3 is 12.4 Å². The second kappa shape index (κ2) is 3.73. The van der Waals surface area contributed by atoms with Gasteiger partial charge in [-0.2, -0.15) is 26.3 Å². The fourth-order valence-electron chi connectivity index (χ4n) is 1.01. The Balaban J connectivity index is 3.45. The van der Waals surface area contributed by atoms with Crippen LogP contribution in [0.1, 0.15) is 11.1 Å². The van der Waals surface area contributed by atoms with Crippen molar-refractivity contribution in [1.82, 2.24) is 0 Å². The molecule has 0 spiro atoms. The molecule has 0 atom stereocenters. The van der Waals surface area contributed by atoms with Gasteiger partial charge in [0.2, 0.25) is 0 Å². The van der Waals surface area contributed by atoms with Crippen molar-refractivity contribution < 1.29 is 31.4 Å². The molecule has 0 bridgehead atoms. The number of phenolic OH excluding ortho intramolecular Hbond substituents is 1. The zero-order valence-corrected chi connectivity index (χ0v) is 8.00. The van der Waals surface area contributed by atoms with Crippen LogP contribution >= 0.6 is 11.6 Å². The summed E-state index contributed by atoms with van der Waals surface area (Å²) >= 11 is 5.09. The lowest BCUT2D eigenvalue weighted by Crippen LogP contribution is -2.11. The first-order valence-electron chi connectivity index (χ1n) is 3.70. The lowest BCUT2D eigenvalue weighted by Gasteiger charge is -2.14. The van der Waals surface area contributed by atoms with Crippen LogP contribution in [0.15, 0.2) is 12.1 Å². The maximum atomic E-state index is 12.2. The molecule has 1 nitrogen and oxygen atoms in total. The molecular weight excluding hydrogens is 262 g/mol. The van der Waals surface area contributed by atoms with E-state index in [1.807, 2.05) is 0 Å². The average molecular weight is 265 g/mol. The number of halogens is 7. The van der Waals surface area contributed by atoms with E-state index in [9.17, 15) is 26.3 Å². The smallest absolute Gasteiger partial charge is 0.419 e. The summed E-state index contributed by atoms with van der Waals surface area (Å²) in [7, 11) is 0. The van der Waals surface area contributed by atoms with Crippen LogP contribution in [-0.2, 0) is 12.4 Å². The molecule has 0 amide bonds. The van der Waals surface area contributed by atoms with E-state index >= 15 is 0 Å². The van der Waals surface area contributed by atoms with Crippen LogP contribution in [0.4, 0.5) is 26.3 Å². The summed E-state index contributed by atoms with van der Waals surface area (Å²) in [5.41, 5.74) is -3.41. The Hall–Kier alpha value is -1.11. The molecule has 0 heterocycles. The van der Waals surface area contributed by atoms with Gasteiger partial charge in [-0.3, -0.25) is 0 Å². The van der Waals surface area contributed by atoms with Gasteiger partial charge in [-0.05, 0) is 12.1 Å². The highest BCUT2D eigenvalue weighted by Gasteiger charge is 2.40. The first kappa shape index (κ1) is 13.0. The molecule has 0 aromatic heterocycles. The molecule has 16 heavy (non-hydrogen) atoms.